The van der Waals surface area contributed by atoms with Crippen molar-refractivity contribution in [1.29, 1.82) is 0 Å². The number of likely N-dealkylation sites (N-methyl/N-ethyl adjacent to an activating group) is 1. The lowest BCUT2D eigenvalue weighted by molar-refractivity contribution is 0.260. The Kier molecular flexibility index (Phi) is 6.74. The molecule has 1 fully saturated rings. The van der Waals surface area contributed by atoms with Crippen molar-refractivity contribution in [1.82, 2.24) is 10.2 Å². The van der Waals surface area contributed by atoms with Crippen LogP contribution in [0.4, 0.5) is 0 Å². The van der Waals surface area contributed by atoms with Crippen molar-refractivity contribution >= 4 is 11.6 Å². The summed E-state index contributed by atoms with van der Waals surface area (Å²) >= 11 is 6.16. The Morgan fingerprint density at radius 2 is 1.96 bits per heavy atom. The van der Waals surface area contributed by atoms with Gasteiger partial charge in [-0.1, -0.05) is 48.9 Å². The molecule has 0 aliphatic carbocycles. The second kappa shape index (κ2) is 9.23. The summed E-state index contributed by atoms with van der Waals surface area (Å²) in [5.41, 5.74) is 2.29. The molecular formula is C21H27ClN2O. The molecule has 1 aliphatic heterocycles. The van der Waals surface area contributed by atoms with Gasteiger partial charge in [-0.25, -0.2) is 0 Å². The molecular weight excluding hydrogens is 332 g/mol. The molecule has 3 nitrogen and oxygen atoms in total. The third-order valence-electron chi connectivity index (χ3n) is 4.89. The van der Waals surface area contributed by atoms with Crippen molar-refractivity contribution in [3.8, 4) is 5.75 Å². The average Bonchev–Trinajstić information content (AvgIpc) is 3.10. The molecule has 134 valence electrons. The fourth-order valence-electron chi connectivity index (χ4n) is 3.41. The summed E-state index contributed by atoms with van der Waals surface area (Å²) in [6.45, 7) is 7.12. The predicted octanol–water partition coefficient (Wildman–Crippen LogP) is 4.49. The van der Waals surface area contributed by atoms with Gasteiger partial charge in [0.05, 0.1) is 0 Å². The van der Waals surface area contributed by atoms with Crippen LogP contribution in [0.25, 0.3) is 0 Å². The van der Waals surface area contributed by atoms with Gasteiger partial charge in [0.1, 0.15) is 12.4 Å². The van der Waals surface area contributed by atoms with E-state index < -0.39 is 0 Å². The monoisotopic (exact) mass is 358 g/mol. The molecule has 2 aromatic carbocycles. The van der Waals surface area contributed by atoms with Gasteiger partial charge in [-0.05, 0) is 49.7 Å². The van der Waals surface area contributed by atoms with Gasteiger partial charge in [0, 0.05) is 29.7 Å². The lowest BCUT2D eigenvalue weighted by Gasteiger charge is -2.23. The Labute approximate surface area is 155 Å². The van der Waals surface area contributed by atoms with E-state index in [1.807, 2.05) is 36.4 Å². The Balaban J connectivity index is 1.43. The van der Waals surface area contributed by atoms with Gasteiger partial charge in [0.25, 0.3) is 0 Å². The van der Waals surface area contributed by atoms with Gasteiger partial charge in [-0.2, -0.15) is 0 Å². The van der Waals surface area contributed by atoms with Crippen LogP contribution in [-0.2, 0) is 13.2 Å². The number of hydrogen-bond acceptors (Lipinski definition) is 3. The van der Waals surface area contributed by atoms with Crippen molar-refractivity contribution in [2.45, 2.75) is 39.0 Å². The lowest BCUT2D eigenvalue weighted by atomic mass is 10.2. The first-order valence-electron chi connectivity index (χ1n) is 9.16. The Bertz CT molecular complexity index is 659. The molecule has 1 N–H and O–H groups in total. The summed E-state index contributed by atoms with van der Waals surface area (Å²) in [7, 11) is 0. The van der Waals surface area contributed by atoms with Crippen molar-refractivity contribution in [3.05, 3.63) is 64.7 Å². The molecule has 25 heavy (non-hydrogen) atoms. The lowest BCUT2D eigenvalue weighted by Crippen LogP contribution is -2.37. The van der Waals surface area contributed by atoms with Gasteiger partial charge in [0.2, 0.25) is 0 Å². The first-order valence-corrected chi connectivity index (χ1v) is 9.54. The van der Waals surface area contributed by atoms with Crippen LogP contribution in [0.3, 0.4) is 0 Å². The minimum absolute atomic E-state index is 0.492. The van der Waals surface area contributed by atoms with Gasteiger partial charge in [-0.3, -0.25) is 4.90 Å². The van der Waals surface area contributed by atoms with Crippen molar-refractivity contribution in [3.63, 3.8) is 0 Å². The molecule has 0 unspecified atom stereocenters. The molecule has 0 amide bonds. The highest BCUT2D eigenvalue weighted by atomic mass is 35.5. The van der Waals surface area contributed by atoms with Gasteiger partial charge < -0.3 is 10.1 Å². The number of benzene rings is 2. The third-order valence-corrected chi connectivity index (χ3v) is 5.26. The van der Waals surface area contributed by atoms with Crippen molar-refractivity contribution < 1.29 is 4.74 Å². The van der Waals surface area contributed by atoms with Crippen LogP contribution in [-0.4, -0.2) is 30.6 Å². The molecule has 0 spiro atoms. The highest BCUT2D eigenvalue weighted by Crippen LogP contribution is 2.19. The maximum atomic E-state index is 6.16. The molecule has 1 aliphatic rings. The van der Waals surface area contributed by atoms with Crippen molar-refractivity contribution in [2.24, 2.45) is 0 Å². The second-order valence-corrected chi connectivity index (χ2v) is 6.99. The minimum atomic E-state index is 0.492. The molecule has 0 bridgehead atoms. The topological polar surface area (TPSA) is 24.5 Å². The molecule has 0 saturated carbocycles. The Morgan fingerprint density at radius 3 is 2.72 bits per heavy atom. The number of nitrogens with one attached hydrogen (secondary N) is 1. The maximum absolute atomic E-state index is 6.16. The quantitative estimate of drug-likeness (QED) is 0.752. The number of halogens is 1. The van der Waals surface area contributed by atoms with Crippen LogP contribution in [0.1, 0.15) is 30.9 Å². The number of rotatable bonds is 8. The molecule has 1 heterocycles. The van der Waals surface area contributed by atoms with Gasteiger partial charge in [0.15, 0.2) is 0 Å². The highest BCUT2D eigenvalue weighted by Gasteiger charge is 2.21. The fraction of sp³-hybridized carbons (Fsp3) is 0.429. The molecule has 1 atom stereocenters. The molecule has 1 saturated heterocycles. The average molecular weight is 359 g/mol. The SMILES string of the molecule is CCN1CCC[C@H]1CNCc1ccc(OCc2ccccc2Cl)cc1. The highest BCUT2D eigenvalue weighted by molar-refractivity contribution is 6.31. The van der Waals surface area contributed by atoms with Crippen LogP contribution in [0, 0.1) is 0 Å². The van der Waals surface area contributed by atoms with E-state index in [0.717, 1.165) is 36.0 Å². The van der Waals surface area contributed by atoms with E-state index in [0.29, 0.717) is 12.6 Å². The molecule has 3 rings (SSSR count). The largest absolute Gasteiger partial charge is 0.489 e. The smallest absolute Gasteiger partial charge is 0.119 e. The van der Waals surface area contributed by atoms with E-state index in [2.05, 4.69) is 29.3 Å². The summed E-state index contributed by atoms with van der Waals surface area (Å²) in [6, 6.07) is 16.8. The summed E-state index contributed by atoms with van der Waals surface area (Å²) in [4.78, 5) is 2.57. The number of nitrogens with zero attached hydrogens (tertiary/aromatic N) is 1. The van der Waals surface area contributed by atoms with E-state index in [-0.39, 0.29) is 0 Å². The Hall–Kier alpha value is -1.55. The van der Waals surface area contributed by atoms with Crippen LogP contribution in [0.2, 0.25) is 5.02 Å². The standard InChI is InChI=1S/C21H27ClN2O/c1-2-24-13-5-7-19(24)15-23-14-17-9-11-20(12-10-17)25-16-18-6-3-4-8-21(18)22/h3-4,6,8-12,19,23H,2,5,7,13-16H2,1H3/t19-/m0/s1. The number of ether oxygens (including phenoxy) is 1. The molecule has 4 heteroatoms. The normalized spacial score (nSPS) is 17.8. The maximum Gasteiger partial charge on any atom is 0.119 e. The summed E-state index contributed by atoms with van der Waals surface area (Å²) in [5, 5.41) is 4.34. The van der Waals surface area contributed by atoms with E-state index in [1.54, 1.807) is 0 Å². The zero-order valence-electron chi connectivity index (χ0n) is 14.9. The van der Waals surface area contributed by atoms with E-state index >= 15 is 0 Å². The molecule has 0 aromatic heterocycles. The van der Waals surface area contributed by atoms with Crippen LogP contribution in [0.15, 0.2) is 48.5 Å². The number of hydrogen-bond donors (Lipinski definition) is 1. The summed E-state index contributed by atoms with van der Waals surface area (Å²) < 4.78 is 5.83. The molecule has 0 radical (unpaired) electrons. The molecule has 2 aromatic rings. The van der Waals surface area contributed by atoms with E-state index in [4.69, 9.17) is 16.3 Å². The van der Waals surface area contributed by atoms with E-state index in [9.17, 15) is 0 Å². The summed E-state index contributed by atoms with van der Waals surface area (Å²) in [6.07, 6.45) is 2.65. The Morgan fingerprint density at radius 1 is 1.16 bits per heavy atom. The van der Waals surface area contributed by atoms with Gasteiger partial charge >= 0.3 is 0 Å². The summed E-state index contributed by atoms with van der Waals surface area (Å²) in [5.74, 6) is 0.872. The van der Waals surface area contributed by atoms with Crippen molar-refractivity contribution in [2.75, 3.05) is 19.6 Å². The van der Waals surface area contributed by atoms with Crippen LogP contribution < -0.4 is 10.1 Å². The van der Waals surface area contributed by atoms with Crippen LogP contribution >= 0.6 is 11.6 Å². The van der Waals surface area contributed by atoms with Crippen LogP contribution in [0.5, 0.6) is 5.75 Å². The zero-order valence-corrected chi connectivity index (χ0v) is 15.6. The fourth-order valence-corrected chi connectivity index (χ4v) is 3.60. The number of likely N-dealkylation sites (tertiary alicyclic amines) is 1. The second-order valence-electron chi connectivity index (χ2n) is 6.58. The van der Waals surface area contributed by atoms with Gasteiger partial charge in [-0.15, -0.1) is 0 Å². The minimum Gasteiger partial charge on any atom is -0.489 e. The predicted molar refractivity (Wildman–Crippen MR) is 104 cm³/mol. The first kappa shape index (κ1) is 18.2. The third kappa shape index (κ3) is 5.21. The zero-order chi connectivity index (χ0) is 17.5. The van der Waals surface area contributed by atoms with E-state index in [1.165, 1.54) is 24.9 Å². The first-order chi connectivity index (χ1) is 12.3.